The largest absolute Gasteiger partial charge is 0.491 e. The van der Waals surface area contributed by atoms with Crippen molar-refractivity contribution in [2.75, 3.05) is 19.8 Å². The molecule has 1 N–H and O–H groups in total. The van der Waals surface area contributed by atoms with Crippen molar-refractivity contribution < 1.29 is 24.0 Å². The standard InChI is InChI=1S/C19H30BO5/c1-18(2,21)19(3,4)25-20-15-8-10-16(11-9-15)22-13-14-24-17-7-5-6-12-23-17/h8-11,17,21H,5-7,12-14H2,1-4H3. The molecule has 2 rings (SSSR count). The Morgan fingerprint density at radius 1 is 1.12 bits per heavy atom. The molecule has 0 bridgehead atoms. The zero-order chi connectivity index (χ0) is 18.3. The predicted molar refractivity (Wildman–Crippen MR) is 98.3 cm³/mol. The Morgan fingerprint density at radius 2 is 1.84 bits per heavy atom. The lowest BCUT2D eigenvalue weighted by Crippen LogP contribution is -2.49. The molecule has 1 unspecified atom stereocenters. The number of hydrogen-bond acceptors (Lipinski definition) is 5. The lowest BCUT2D eigenvalue weighted by atomic mass is 9.82. The van der Waals surface area contributed by atoms with E-state index in [2.05, 4.69) is 0 Å². The van der Waals surface area contributed by atoms with E-state index < -0.39 is 11.2 Å². The first kappa shape index (κ1) is 20.2. The van der Waals surface area contributed by atoms with Crippen molar-refractivity contribution in [3.05, 3.63) is 24.3 Å². The smallest absolute Gasteiger partial charge is 0.330 e. The Labute approximate surface area is 151 Å². The minimum Gasteiger partial charge on any atom is -0.491 e. The average molecular weight is 349 g/mol. The molecule has 1 aromatic rings. The van der Waals surface area contributed by atoms with E-state index in [-0.39, 0.29) is 6.29 Å². The van der Waals surface area contributed by atoms with Gasteiger partial charge in [0.15, 0.2) is 6.29 Å². The number of ether oxygens (including phenoxy) is 3. The van der Waals surface area contributed by atoms with E-state index in [0.717, 1.165) is 37.1 Å². The average Bonchev–Trinajstić information content (AvgIpc) is 2.58. The van der Waals surface area contributed by atoms with Crippen LogP contribution in [0.1, 0.15) is 47.0 Å². The molecular weight excluding hydrogens is 319 g/mol. The molecule has 6 heteroatoms. The summed E-state index contributed by atoms with van der Waals surface area (Å²) in [7, 11) is 1.66. The van der Waals surface area contributed by atoms with Crippen molar-refractivity contribution in [3.63, 3.8) is 0 Å². The monoisotopic (exact) mass is 349 g/mol. The van der Waals surface area contributed by atoms with Gasteiger partial charge < -0.3 is 24.0 Å². The molecule has 1 saturated heterocycles. The van der Waals surface area contributed by atoms with E-state index in [1.807, 2.05) is 38.1 Å². The fourth-order valence-corrected chi connectivity index (χ4v) is 2.18. The van der Waals surface area contributed by atoms with Crippen LogP contribution >= 0.6 is 0 Å². The highest BCUT2D eigenvalue weighted by Gasteiger charge is 2.35. The van der Waals surface area contributed by atoms with Crippen LogP contribution in [0.25, 0.3) is 0 Å². The number of aliphatic hydroxyl groups is 1. The van der Waals surface area contributed by atoms with Gasteiger partial charge in [-0.05, 0) is 59.1 Å². The topological polar surface area (TPSA) is 57.2 Å². The zero-order valence-electron chi connectivity index (χ0n) is 15.8. The first-order chi connectivity index (χ1) is 11.8. The molecule has 0 aromatic heterocycles. The molecular formula is C19H30BO5. The number of rotatable bonds is 9. The van der Waals surface area contributed by atoms with Gasteiger partial charge >= 0.3 is 7.48 Å². The van der Waals surface area contributed by atoms with Crippen LogP contribution in [0.15, 0.2) is 24.3 Å². The summed E-state index contributed by atoms with van der Waals surface area (Å²) in [5.74, 6) is 0.784. The predicted octanol–water partition coefficient (Wildman–Crippen LogP) is 2.42. The van der Waals surface area contributed by atoms with E-state index in [0.29, 0.717) is 13.2 Å². The lowest BCUT2D eigenvalue weighted by Gasteiger charge is -2.37. The van der Waals surface area contributed by atoms with Crippen molar-refractivity contribution in [3.8, 4) is 5.75 Å². The van der Waals surface area contributed by atoms with Crippen LogP contribution < -0.4 is 10.2 Å². The molecule has 1 aliphatic heterocycles. The minimum atomic E-state index is -0.936. The highest BCUT2D eigenvalue weighted by Crippen LogP contribution is 2.24. The summed E-state index contributed by atoms with van der Waals surface area (Å²) in [6, 6.07) is 7.62. The summed E-state index contributed by atoms with van der Waals surface area (Å²) in [6.07, 6.45) is 3.17. The fourth-order valence-electron chi connectivity index (χ4n) is 2.18. The van der Waals surface area contributed by atoms with Gasteiger partial charge in [-0.2, -0.15) is 0 Å². The van der Waals surface area contributed by atoms with Crippen LogP contribution in [-0.4, -0.2) is 49.9 Å². The Balaban J connectivity index is 1.69. The maximum absolute atomic E-state index is 10.1. The third-order valence-electron chi connectivity index (χ3n) is 4.64. The third-order valence-corrected chi connectivity index (χ3v) is 4.64. The van der Waals surface area contributed by atoms with Gasteiger partial charge in [-0.1, -0.05) is 17.6 Å². The SMILES string of the molecule is CC(C)(O)C(C)(C)O[B]c1ccc(OCCOC2CCCCO2)cc1. The van der Waals surface area contributed by atoms with Crippen LogP contribution in [0.4, 0.5) is 0 Å². The Kier molecular flexibility index (Phi) is 7.31. The van der Waals surface area contributed by atoms with Gasteiger partial charge in [-0.3, -0.25) is 0 Å². The van der Waals surface area contributed by atoms with Crippen molar-refractivity contribution in [1.82, 2.24) is 0 Å². The molecule has 25 heavy (non-hydrogen) atoms. The van der Waals surface area contributed by atoms with E-state index in [1.54, 1.807) is 21.3 Å². The highest BCUT2D eigenvalue weighted by molar-refractivity contribution is 6.47. The summed E-state index contributed by atoms with van der Waals surface area (Å²) in [6.45, 7) is 8.98. The second-order valence-electron chi connectivity index (χ2n) is 7.39. The Hall–Kier alpha value is -1.08. The number of hydrogen-bond donors (Lipinski definition) is 1. The van der Waals surface area contributed by atoms with Crippen molar-refractivity contribution >= 4 is 12.9 Å². The Morgan fingerprint density at radius 3 is 2.44 bits per heavy atom. The van der Waals surface area contributed by atoms with Crippen LogP contribution in [0, 0.1) is 0 Å². The van der Waals surface area contributed by atoms with Gasteiger partial charge in [-0.25, -0.2) is 0 Å². The van der Waals surface area contributed by atoms with Gasteiger partial charge in [-0.15, -0.1) is 0 Å². The highest BCUT2D eigenvalue weighted by atomic mass is 16.7. The Bertz CT molecular complexity index is 504. The molecule has 0 saturated carbocycles. The molecule has 1 aliphatic rings. The summed E-state index contributed by atoms with van der Waals surface area (Å²) in [5.41, 5.74) is -0.702. The first-order valence-corrected chi connectivity index (χ1v) is 8.97. The van der Waals surface area contributed by atoms with Crippen molar-refractivity contribution in [2.24, 2.45) is 0 Å². The van der Waals surface area contributed by atoms with Crippen LogP contribution in [0.3, 0.4) is 0 Å². The van der Waals surface area contributed by atoms with Crippen LogP contribution in [-0.2, 0) is 14.1 Å². The van der Waals surface area contributed by atoms with Crippen molar-refractivity contribution in [2.45, 2.75) is 64.4 Å². The van der Waals surface area contributed by atoms with E-state index in [9.17, 15) is 5.11 Å². The second-order valence-corrected chi connectivity index (χ2v) is 7.39. The van der Waals surface area contributed by atoms with Crippen LogP contribution in [0.5, 0.6) is 5.75 Å². The van der Waals surface area contributed by atoms with Gasteiger partial charge in [0, 0.05) is 6.61 Å². The van der Waals surface area contributed by atoms with E-state index in [1.165, 1.54) is 0 Å². The molecule has 0 spiro atoms. The maximum atomic E-state index is 10.1. The number of benzene rings is 1. The van der Waals surface area contributed by atoms with Gasteiger partial charge in [0.2, 0.25) is 0 Å². The molecule has 1 heterocycles. The molecule has 5 nitrogen and oxygen atoms in total. The quantitative estimate of drug-likeness (QED) is 0.548. The summed E-state index contributed by atoms with van der Waals surface area (Å²) >= 11 is 0. The molecule has 139 valence electrons. The van der Waals surface area contributed by atoms with Gasteiger partial charge in [0.1, 0.15) is 12.4 Å². The molecule has 0 aliphatic carbocycles. The molecule has 1 radical (unpaired) electrons. The van der Waals surface area contributed by atoms with E-state index in [4.69, 9.17) is 18.9 Å². The van der Waals surface area contributed by atoms with E-state index >= 15 is 0 Å². The molecule has 1 fully saturated rings. The fraction of sp³-hybridized carbons (Fsp3) is 0.684. The normalized spacial score (nSPS) is 18.8. The molecule has 1 aromatic carbocycles. The lowest BCUT2D eigenvalue weighted by molar-refractivity contribution is -0.165. The maximum Gasteiger partial charge on any atom is 0.330 e. The van der Waals surface area contributed by atoms with Crippen LogP contribution in [0.2, 0.25) is 0 Å². The summed E-state index contributed by atoms with van der Waals surface area (Å²) in [4.78, 5) is 0. The summed E-state index contributed by atoms with van der Waals surface area (Å²) < 4.78 is 22.6. The summed E-state index contributed by atoms with van der Waals surface area (Å²) in [5, 5.41) is 10.1. The third kappa shape index (κ3) is 6.62. The van der Waals surface area contributed by atoms with Gasteiger partial charge in [0.05, 0.1) is 17.8 Å². The zero-order valence-corrected chi connectivity index (χ0v) is 15.8. The van der Waals surface area contributed by atoms with Gasteiger partial charge in [0.25, 0.3) is 0 Å². The molecule has 0 amide bonds. The van der Waals surface area contributed by atoms with Crippen molar-refractivity contribution in [1.29, 1.82) is 0 Å². The second kappa shape index (κ2) is 9.03. The molecule has 1 atom stereocenters. The minimum absolute atomic E-state index is 0.0781. The first-order valence-electron chi connectivity index (χ1n) is 8.97.